The average molecular weight is 228 g/mol. The predicted octanol–water partition coefficient (Wildman–Crippen LogP) is 2.65. The van der Waals surface area contributed by atoms with Crippen molar-refractivity contribution in [1.82, 2.24) is 10.3 Å². The Morgan fingerprint density at radius 3 is 2.67 bits per heavy atom. The van der Waals surface area contributed by atoms with E-state index in [2.05, 4.69) is 10.3 Å². The normalized spacial score (nSPS) is 12.6. The van der Waals surface area contributed by atoms with Gasteiger partial charge in [-0.2, -0.15) is 0 Å². The molecule has 0 aliphatic carbocycles. The quantitative estimate of drug-likeness (QED) is 0.865. The number of aromatic nitrogens is 1. The summed E-state index contributed by atoms with van der Waals surface area (Å²) in [6, 6.07) is -0.102. The Bertz CT molecular complexity index is 336. The van der Waals surface area contributed by atoms with Crippen molar-refractivity contribution in [2.45, 2.75) is 39.8 Å². The third-order valence-electron chi connectivity index (χ3n) is 1.68. The second-order valence-corrected chi connectivity index (χ2v) is 4.54. The van der Waals surface area contributed by atoms with E-state index >= 15 is 0 Å². The topological polar surface area (TPSA) is 51.2 Å². The highest BCUT2D eigenvalue weighted by molar-refractivity contribution is 7.09. The van der Waals surface area contributed by atoms with Gasteiger partial charge < -0.3 is 10.1 Å². The first-order valence-corrected chi connectivity index (χ1v) is 5.76. The zero-order valence-corrected chi connectivity index (χ0v) is 10.2. The molecule has 1 unspecified atom stereocenters. The summed E-state index contributed by atoms with van der Waals surface area (Å²) in [5, 5.41) is 5.58. The molecule has 0 saturated carbocycles. The number of hydrogen-bond acceptors (Lipinski definition) is 4. The largest absolute Gasteiger partial charge is 0.447 e. The van der Waals surface area contributed by atoms with Crippen molar-refractivity contribution >= 4 is 17.4 Å². The molecule has 15 heavy (non-hydrogen) atoms. The number of nitrogens with zero attached hydrogens (tertiary/aromatic N) is 1. The number of amides is 1. The number of carbonyl (C=O) groups excluding carboxylic acids is 1. The fourth-order valence-corrected chi connectivity index (χ4v) is 1.86. The number of carbonyl (C=O) groups is 1. The maximum atomic E-state index is 11.3. The van der Waals surface area contributed by atoms with Gasteiger partial charge >= 0.3 is 6.09 Å². The van der Waals surface area contributed by atoms with Gasteiger partial charge in [0.1, 0.15) is 5.01 Å². The van der Waals surface area contributed by atoms with Crippen LogP contribution in [0.3, 0.4) is 0 Å². The molecule has 4 nitrogen and oxygen atoms in total. The molecule has 1 rings (SSSR count). The molecule has 1 atom stereocenters. The maximum Gasteiger partial charge on any atom is 0.407 e. The fourth-order valence-electron chi connectivity index (χ4n) is 1.06. The Labute approximate surface area is 93.7 Å². The minimum Gasteiger partial charge on any atom is -0.447 e. The van der Waals surface area contributed by atoms with Crippen molar-refractivity contribution in [3.05, 3.63) is 16.1 Å². The van der Waals surface area contributed by atoms with Crippen LogP contribution < -0.4 is 5.32 Å². The van der Waals surface area contributed by atoms with E-state index in [1.165, 1.54) is 11.3 Å². The SMILES string of the molecule is Cc1csc(C(C)NC(=O)OC(C)C)n1. The smallest absolute Gasteiger partial charge is 0.407 e. The van der Waals surface area contributed by atoms with Crippen LogP contribution in [0.15, 0.2) is 5.38 Å². The first-order chi connectivity index (χ1) is 6.99. The van der Waals surface area contributed by atoms with Crippen molar-refractivity contribution in [3.8, 4) is 0 Å². The molecule has 0 aliphatic heterocycles. The Kier molecular flexibility index (Phi) is 4.08. The van der Waals surface area contributed by atoms with Gasteiger partial charge in [-0.3, -0.25) is 0 Å². The van der Waals surface area contributed by atoms with Crippen LogP contribution >= 0.6 is 11.3 Å². The fraction of sp³-hybridized carbons (Fsp3) is 0.600. The van der Waals surface area contributed by atoms with E-state index in [-0.39, 0.29) is 12.1 Å². The van der Waals surface area contributed by atoms with E-state index in [9.17, 15) is 4.79 Å². The summed E-state index contributed by atoms with van der Waals surface area (Å²) >= 11 is 1.54. The van der Waals surface area contributed by atoms with E-state index in [4.69, 9.17) is 4.74 Å². The van der Waals surface area contributed by atoms with E-state index in [1.54, 1.807) is 0 Å². The molecule has 1 N–H and O–H groups in total. The zero-order chi connectivity index (χ0) is 11.4. The van der Waals surface area contributed by atoms with Crippen molar-refractivity contribution in [1.29, 1.82) is 0 Å². The van der Waals surface area contributed by atoms with Crippen molar-refractivity contribution in [2.24, 2.45) is 0 Å². The molecule has 0 spiro atoms. The van der Waals surface area contributed by atoms with Crippen LogP contribution in [0.25, 0.3) is 0 Å². The molecule has 0 bridgehead atoms. The third-order valence-corrected chi connectivity index (χ3v) is 2.83. The highest BCUT2D eigenvalue weighted by Crippen LogP contribution is 2.17. The summed E-state index contributed by atoms with van der Waals surface area (Å²) < 4.78 is 4.98. The monoisotopic (exact) mass is 228 g/mol. The minimum atomic E-state index is -0.398. The molecular formula is C10H16N2O2S. The van der Waals surface area contributed by atoms with Crippen LogP contribution in [0.1, 0.15) is 37.5 Å². The van der Waals surface area contributed by atoms with Crippen molar-refractivity contribution in [2.75, 3.05) is 0 Å². The molecule has 0 saturated heterocycles. The van der Waals surface area contributed by atoms with Gasteiger partial charge in [0.05, 0.1) is 12.1 Å². The first-order valence-electron chi connectivity index (χ1n) is 4.88. The Morgan fingerprint density at radius 2 is 2.20 bits per heavy atom. The van der Waals surface area contributed by atoms with Crippen LogP contribution in [-0.2, 0) is 4.74 Å². The second kappa shape index (κ2) is 5.11. The molecule has 0 aromatic carbocycles. The number of aryl methyl sites for hydroxylation is 1. The molecule has 1 aromatic rings. The van der Waals surface area contributed by atoms with Gasteiger partial charge in [0.2, 0.25) is 0 Å². The van der Waals surface area contributed by atoms with Gasteiger partial charge in [-0.05, 0) is 27.7 Å². The summed E-state index contributed by atoms with van der Waals surface area (Å²) in [4.78, 5) is 15.6. The predicted molar refractivity (Wildman–Crippen MR) is 60.0 cm³/mol. The number of thiazole rings is 1. The van der Waals surface area contributed by atoms with Gasteiger partial charge in [-0.1, -0.05) is 0 Å². The van der Waals surface area contributed by atoms with Crippen LogP contribution in [0.4, 0.5) is 4.79 Å². The standard InChI is InChI=1S/C10H16N2O2S/c1-6(2)14-10(13)12-8(4)9-11-7(3)5-15-9/h5-6,8H,1-4H3,(H,12,13). The van der Waals surface area contributed by atoms with E-state index in [1.807, 2.05) is 33.1 Å². The molecule has 1 amide bonds. The minimum absolute atomic E-state index is 0.102. The highest BCUT2D eigenvalue weighted by atomic mass is 32.1. The van der Waals surface area contributed by atoms with E-state index < -0.39 is 6.09 Å². The van der Waals surface area contributed by atoms with Gasteiger partial charge in [0.25, 0.3) is 0 Å². The van der Waals surface area contributed by atoms with Crippen LogP contribution in [-0.4, -0.2) is 17.2 Å². The molecule has 5 heteroatoms. The number of alkyl carbamates (subject to hydrolysis) is 1. The summed E-state index contributed by atoms with van der Waals surface area (Å²) in [6.07, 6.45) is -0.499. The van der Waals surface area contributed by atoms with E-state index in [0.717, 1.165) is 10.7 Å². The molecule has 1 heterocycles. The van der Waals surface area contributed by atoms with Crippen LogP contribution in [0.2, 0.25) is 0 Å². The second-order valence-electron chi connectivity index (χ2n) is 3.65. The summed E-state index contributed by atoms with van der Waals surface area (Å²) in [7, 11) is 0. The summed E-state index contributed by atoms with van der Waals surface area (Å²) in [6.45, 7) is 7.45. The Balaban J connectivity index is 2.48. The number of hydrogen-bond donors (Lipinski definition) is 1. The van der Waals surface area contributed by atoms with Crippen molar-refractivity contribution in [3.63, 3.8) is 0 Å². The lowest BCUT2D eigenvalue weighted by molar-refractivity contribution is 0.113. The third kappa shape index (κ3) is 3.87. The number of nitrogens with one attached hydrogen (secondary N) is 1. The summed E-state index contributed by atoms with van der Waals surface area (Å²) in [5.74, 6) is 0. The van der Waals surface area contributed by atoms with Crippen molar-refractivity contribution < 1.29 is 9.53 Å². The average Bonchev–Trinajstić information content (AvgIpc) is 2.49. The zero-order valence-electron chi connectivity index (χ0n) is 9.40. The Morgan fingerprint density at radius 1 is 1.53 bits per heavy atom. The molecule has 0 radical (unpaired) electrons. The lowest BCUT2D eigenvalue weighted by Gasteiger charge is -2.13. The number of ether oxygens (including phenoxy) is 1. The molecule has 1 aromatic heterocycles. The maximum absolute atomic E-state index is 11.3. The Hall–Kier alpha value is -1.10. The first kappa shape index (κ1) is 12.0. The molecular weight excluding hydrogens is 212 g/mol. The van der Waals surface area contributed by atoms with Crippen LogP contribution in [0.5, 0.6) is 0 Å². The van der Waals surface area contributed by atoms with Crippen LogP contribution in [0, 0.1) is 6.92 Å². The van der Waals surface area contributed by atoms with Gasteiger partial charge in [0, 0.05) is 11.1 Å². The highest BCUT2D eigenvalue weighted by Gasteiger charge is 2.13. The van der Waals surface area contributed by atoms with Gasteiger partial charge in [-0.15, -0.1) is 11.3 Å². The molecule has 0 aliphatic rings. The molecule has 0 fully saturated rings. The van der Waals surface area contributed by atoms with Gasteiger partial charge in [-0.25, -0.2) is 9.78 Å². The lowest BCUT2D eigenvalue weighted by Crippen LogP contribution is -2.29. The lowest BCUT2D eigenvalue weighted by atomic mass is 10.3. The molecule has 84 valence electrons. The number of rotatable bonds is 3. The van der Waals surface area contributed by atoms with Gasteiger partial charge in [0.15, 0.2) is 0 Å². The summed E-state index contributed by atoms with van der Waals surface area (Å²) in [5.41, 5.74) is 0.973. The van der Waals surface area contributed by atoms with E-state index in [0.29, 0.717) is 0 Å².